The fourth-order valence-corrected chi connectivity index (χ4v) is 3.78. The van der Waals surface area contributed by atoms with Crippen LogP contribution in [-0.2, 0) is 20.1 Å². The van der Waals surface area contributed by atoms with E-state index in [1.807, 2.05) is 33.0 Å². The van der Waals surface area contributed by atoms with Crippen molar-refractivity contribution in [3.8, 4) is 0 Å². The zero-order valence-corrected chi connectivity index (χ0v) is 15.8. The largest absolute Gasteiger partial charge is 0.395 e. The van der Waals surface area contributed by atoms with E-state index in [4.69, 9.17) is 0 Å². The van der Waals surface area contributed by atoms with Gasteiger partial charge in [-0.3, -0.25) is 14.4 Å². The number of aliphatic hydroxyl groups excluding tert-OH is 1. The van der Waals surface area contributed by atoms with Gasteiger partial charge in [0.25, 0.3) is 5.91 Å². The molecule has 1 aromatic heterocycles. The summed E-state index contributed by atoms with van der Waals surface area (Å²) in [7, 11) is 1.85. The highest BCUT2D eigenvalue weighted by atomic mass is 16.3. The fraction of sp³-hybridized carbons (Fsp3) is 0.500. The van der Waals surface area contributed by atoms with Crippen molar-refractivity contribution in [1.29, 1.82) is 0 Å². The van der Waals surface area contributed by atoms with Crippen LogP contribution in [0.5, 0.6) is 0 Å². The lowest BCUT2D eigenvalue weighted by Crippen LogP contribution is -2.32. The lowest BCUT2D eigenvalue weighted by molar-refractivity contribution is 0.0949. The second-order valence-electron chi connectivity index (χ2n) is 7.07. The molecule has 3 rings (SSSR count). The maximum Gasteiger partial charge on any atom is 0.255 e. The number of likely N-dealkylation sites (tertiary alicyclic amines) is 1. The minimum Gasteiger partial charge on any atom is -0.395 e. The predicted octanol–water partition coefficient (Wildman–Crippen LogP) is 1.92. The topological polar surface area (TPSA) is 70.4 Å². The Morgan fingerprint density at radius 2 is 2.04 bits per heavy atom. The van der Waals surface area contributed by atoms with Gasteiger partial charge in [0, 0.05) is 31.9 Å². The summed E-state index contributed by atoms with van der Waals surface area (Å²) >= 11 is 0. The van der Waals surface area contributed by atoms with E-state index in [0.717, 1.165) is 42.9 Å². The van der Waals surface area contributed by atoms with Crippen LogP contribution in [0.4, 0.5) is 0 Å². The van der Waals surface area contributed by atoms with Crippen molar-refractivity contribution in [1.82, 2.24) is 20.0 Å². The molecule has 2 N–H and O–H groups in total. The molecule has 0 bridgehead atoms. The predicted molar refractivity (Wildman–Crippen MR) is 101 cm³/mol. The maximum atomic E-state index is 12.6. The van der Waals surface area contributed by atoms with Gasteiger partial charge in [0.05, 0.1) is 17.9 Å². The molecule has 1 saturated heterocycles. The Morgan fingerprint density at radius 3 is 2.69 bits per heavy atom. The van der Waals surface area contributed by atoms with Gasteiger partial charge in [-0.05, 0) is 44.4 Å². The molecule has 0 radical (unpaired) electrons. The molecule has 2 heterocycles. The van der Waals surface area contributed by atoms with E-state index in [0.29, 0.717) is 12.1 Å². The third-order valence-electron chi connectivity index (χ3n) is 5.38. The average molecular weight is 356 g/mol. The van der Waals surface area contributed by atoms with Crippen LogP contribution in [-0.4, -0.2) is 44.9 Å². The number of aromatic nitrogens is 2. The summed E-state index contributed by atoms with van der Waals surface area (Å²) in [4.78, 5) is 14.9. The Morgan fingerprint density at radius 1 is 1.31 bits per heavy atom. The fourth-order valence-electron chi connectivity index (χ4n) is 3.78. The van der Waals surface area contributed by atoms with Gasteiger partial charge in [-0.1, -0.05) is 24.3 Å². The highest BCUT2D eigenvalue weighted by Gasteiger charge is 2.24. The Labute approximate surface area is 154 Å². The van der Waals surface area contributed by atoms with E-state index in [-0.39, 0.29) is 18.6 Å². The number of hydrogen-bond acceptors (Lipinski definition) is 4. The van der Waals surface area contributed by atoms with Gasteiger partial charge >= 0.3 is 0 Å². The van der Waals surface area contributed by atoms with Gasteiger partial charge in [0.1, 0.15) is 0 Å². The van der Waals surface area contributed by atoms with Crippen LogP contribution in [0.15, 0.2) is 24.3 Å². The number of nitrogens with zero attached hydrogens (tertiary/aromatic N) is 3. The van der Waals surface area contributed by atoms with E-state index < -0.39 is 0 Å². The number of aryl methyl sites for hydroxylation is 2. The molecule has 6 nitrogen and oxygen atoms in total. The van der Waals surface area contributed by atoms with E-state index in [9.17, 15) is 9.90 Å². The molecule has 140 valence electrons. The number of amides is 1. The minimum absolute atomic E-state index is 0.0858. The first-order valence-corrected chi connectivity index (χ1v) is 9.21. The molecular weight excluding hydrogens is 328 g/mol. The highest BCUT2D eigenvalue weighted by molar-refractivity contribution is 5.96. The molecule has 0 aliphatic carbocycles. The Hall–Kier alpha value is -2.18. The molecule has 2 aromatic rings. The first-order chi connectivity index (χ1) is 12.5. The van der Waals surface area contributed by atoms with Crippen LogP contribution in [0, 0.1) is 13.8 Å². The summed E-state index contributed by atoms with van der Waals surface area (Å²) in [6, 6.07) is 8.44. The molecule has 26 heavy (non-hydrogen) atoms. The van der Waals surface area contributed by atoms with Crippen molar-refractivity contribution < 1.29 is 9.90 Å². The molecule has 0 unspecified atom stereocenters. The number of rotatable bonds is 6. The van der Waals surface area contributed by atoms with Crippen LogP contribution in [0.2, 0.25) is 0 Å². The number of nitrogens with one attached hydrogen (secondary N) is 1. The first kappa shape index (κ1) is 18.6. The van der Waals surface area contributed by atoms with Crippen molar-refractivity contribution >= 4 is 5.91 Å². The number of hydrogen-bond donors (Lipinski definition) is 2. The highest BCUT2D eigenvalue weighted by Crippen LogP contribution is 2.21. The second kappa shape index (κ2) is 8.01. The van der Waals surface area contributed by atoms with E-state index in [2.05, 4.69) is 27.4 Å². The van der Waals surface area contributed by atoms with Crippen LogP contribution in [0.1, 0.15) is 45.7 Å². The first-order valence-electron chi connectivity index (χ1n) is 9.21. The number of aliphatic hydroxyl groups is 1. The molecule has 1 fully saturated rings. The lowest BCUT2D eigenvalue weighted by Gasteiger charge is -2.24. The normalized spacial score (nSPS) is 17.6. The summed E-state index contributed by atoms with van der Waals surface area (Å²) in [5.74, 6) is -0.0858. The average Bonchev–Trinajstić information content (AvgIpc) is 3.17. The maximum absolute atomic E-state index is 12.6. The Balaban J connectivity index is 1.69. The van der Waals surface area contributed by atoms with Crippen LogP contribution >= 0.6 is 0 Å². The molecule has 1 aliphatic heterocycles. The molecule has 1 amide bonds. The summed E-state index contributed by atoms with van der Waals surface area (Å²) in [6.45, 7) is 6.28. The Bertz CT molecular complexity index is 784. The van der Waals surface area contributed by atoms with Crippen LogP contribution in [0.25, 0.3) is 0 Å². The smallest absolute Gasteiger partial charge is 0.255 e. The van der Waals surface area contributed by atoms with Gasteiger partial charge in [-0.25, -0.2) is 0 Å². The van der Waals surface area contributed by atoms with Gasteiger partial charge in [-0.15, -0.1) is 0 Å². The zero-order valence-electron chi connectivity index (χ0n) is 15.8. The molecule has 1 atom stereocenters. The van der Waals surface area contributed by atoms with Crippen LogP contribution in [0.3, 0.4) is 0 Å². The monoisotopic (exact) mass is 356 g/mol. The quantitative estimate of drug-likeness (QED) is 0.830. The second-order valence-corrected chi connectivity index (χ2v) is 7.07. The van der Waals surface area contributed by atoms with E-state index >= 15 is 0 Å². The number of carbonyl (C=O) groups is 1. The SMILES string of the molecule is Cc1nn(C)c(C)c1C(=O)NCc1ccccc1CN1CCC[C@H]1CO. The van der Waals surface area contributed by atoms with Crippen molar-refractivity contribution in [3.63, 3.8) is 0 Å². The molecule has 0 spiro atoms. The van der Waals surface area contributed by atoms with E-state index in [1.165, 1.54) is 5.56 Å². The molecular formula is C20H28N4O2. The summed E-state index contributed by atoms with van der Waals surface area (Å²) < 4.78 is 1.74. The van der Waals surface area contributed by atoms with Crippen molar-refractivity contribution in [2.24, 2.45) is 7.05 Å². The standard InChI is InChI=1S/C20H28N4O2/c1-14-19(15(2)23(3)22-14)20(26)21-11-16-7-4-5-8-17(16)12-24-10-6-9-18(24)13-25/h4-5,7-8,18,25H,6,9-13H2,1-3H3,(H,21,26)/t18-/m0/s1. The third kappa shape index (κ3) is 3.81. The van der Waals surface area contributed by atoms with Crippen molar-refractivity contribution in [2.75, 3.05) is 13.2 Å². The molecule has 1 aromatic carbocycles. The van der Waals surface area contributed by atoms with Gasteiger partial charge in [0.15, 0.2) is 0 Å². The third-order valence-corrected chi connectivity index (χ3v) is 5.38. The van der Waals surface area contributed by atoms with Gasteiger partial charge in [0.2, 0.25) is 0 Å². The van der Waals surface area contributed by atoms with Crippen molar-refractivity contribution in [2.45, 2.75) is 45.8 Å². The zero-order chi connectivity index (χ0) is 18.7. The summed E-state index contributed by atoms with van der Waals surface area (Å²) in [5.41, 5.74) is 4.59. The Kier molecular flexibility index (Phi) is 5.74. The van der Waals surface area contributed by atoms with Crippen LogP contribution < -0.4 is 5.32 Å². The lowest BCUT2D eigenvalue weighted by atomic mass is 10.1. The van der Waals surface area contributed by atoms with Gasteiger partial charge in [-0.2, -0.15) is 5.10 Å². The molecule has 0 saturated carbocycles. The summed E-state index contributed by atoms with van der Waals surface area (Å²) in [6.07, 6.45) is 2.18. The number of benzene rings is 1. The summed E-state index contributed by atoms with van der Waals surface area (Å²) in [5, 5.41) is 16.9. The molecule has 6 heteroatoms. The van der Waals surface area contributed by atoms with E-state index in [1.54, 1.807) is 4.68 Å². The minimum atomic E-state index is -0.0858. The number of carbonyl (C=O) groups excluding carboxylic acids is 1. The molecule has 1 aliphatic rings. The van der Waals surface area contributed by atoms with Crippen molar-refractivity contribution in [3.05, 3.63) is 52.3 Å². The van der Waals surface area contributed by atoms with Gasteiger partial charge < -0.3 is 10.4 Å².